The Morgan fingerprint density at radius 3 is 2.85 bits per heavy atom. The third kappa shape index (κ3) is 2.98. The summed E-state index contributed by atoms with van der Waals surface area (Å²) in [4.78, 5) is 19.1. The minimum atomic E-state index is -0.168. The Kier molecular flexibility index (Phi) is 4.24. The molecule has 134 valence electrons. The predicted octanol–water partition coefficient (Wildman–Crippen LogP) is 3.86. The number of carbonyl (C=O) groups excluding carboxylic acids is 1. The van der Waals surface area contributed by atoms with Crippen LogP contribution < -0.4 is 15.0 Å². The van der Waals surface area contributed by atoms with E-state index in [0.29, 0.717) is 29.3 Å². The van der Waals surface area contributed by atoms with Crippen LogP contribution in [0.15, 0.2) is 40.8 Å². The van der Waals surface area contributed by atoms with Gasteiger partial charge in [-0.25, -0.2) is 0 Å². The van der Waals surface area contributed by atoms with Gasteiger partial charge in [0.1, 0.15) is 11.3 Å². The van der Waals surface area contributed by atoms with Gasteiger partial charge >= 0.3 is 0 Å². The zero-order valence-electron chi connectivity index (χ0n) is 14.9. The lowest BCUT2D eigenvalue weighted by atomic mass is 10.1. The van der Waals surface area contributed by atoms with Crippen LogP contribution in [0, 0.1) is 0 Å². The molecule has 26 heavy (non-hydrogen) atoms. The van der Waals surface area contributed by atoms with Crippen LogP contribution in [0.3, 0.4) is 0 Å². The average molecular weight is 351 g/mol. The van der Waals surface area contributed by atoms with E-state index in [1.807, 2.05) is 23.1 Å². The van der Waals surface area contributed by atoms with Crippen molar-refractivity contribution in [2.75, 3.05) is 29.9 Å². The van der Waals surface area contributed by atoms with Crippen molar-refractivity contribution in [2.45, 2.75) is 20.3 Å². The van der Waals surface area contributed by atoms with Gasteiger partial charge < -0.3 is 19.4 Å². The van der Waals surface area contributed by atoms with Crippen LogP contribution in [0.2, 0.25) is 0 Å². The molecule has 4 rings (SSSR count). The number of ether oxygens (including phenoxy) is 1. The zero-order chi connectivity index (χ0) is 18.1. The largest absolute Gasteiger partial charge is 0.493 e. The van der Waals surface area contributed by atoms with Crippen LogP contribution in [0.25, 0.3) is 11.1 Å². The molecule has 0 unspecified atom stereocenters. The normalized spacial score (nSPS) is 12.7. The van der Waals surface area contributed by atoms with Gasteiger partial charge in [0.2, 0.25) is 0 Å². The second kappa shape index (κ2) is 6.71. The topological polar surface area (TPSA) is 67.6 Å². The standard InChI is InChI=1S/C20H21N3O3/c1-3-23(4-2)20-22-16-12-14(5-7-18(16)26-20)19(24)21-15-6-8-17-13(11-15)9-10-25-17/h5-8,11-12H,3-4,9-10H2,1-2H3,(H,21,24). The first kappa shape index (κ1) is 16.4. The van der Waals surface area contributed by atoms with Gasteiger partial charge in [-0.3, -0.25) is 4.79 Å². The summed E-state index contributed by atoms with van der Waals surface area (Å²) in [5.41, 5.74) is 3.80. The Morgan fingerprint density at radius 2 is 2.04 bits per heavy atom. The molecule has 6 heteroatoms. The molecule has 3 aromatic rings. The molecule has 0 aliphatic carbocycles. The highest BCUT2D eigenvalue weighted by Gasteiger charge is 2.16. The maximum absolute atomic E-state index is 12.6. The second-order valence-electron chi connectivity index (χ2n) is 6.23. The Bertz CT molecular complexity index is 960. The molecule has 0 fully saturated rings. The number of hydrogen-bond acceptors (Lipinski definition) is 5. The van der Waals surface area contributed by atoms with Crippen molar-refractivity contribution >= 4 is 28.7 Å². The summed E-state index contributed by atoms with van der Waals surface area (Å²) in [7, 11) is 0. The number of nitrogens with one attached hydrogen (secondary N) is 1. The van der Waals surface area contributed by atoms with Crippen LogP contribution >= 0.6 is 0 Å². The van der Waals surface area contributed by atoms with Crippen molar-refractivity contribution in [3.8, 4) is 5.75 Å². The van der Waals surface area contributed by atoms with Crippen LogP contribution in [0.4, 0.5) is 11.7 Å². The van der Waals surface area contributed by atoms with E-state index in [1.165, 1.54) is 0 Å². The van der Waals surface area contributed by atoms with Crippen LogP contribution in [0.5, 0.6) is 5.75 Å². The maximum Gasteiger partial charge on any atom is 0.298 e. The van der Waals surface area contributed by atoms with E-state index in [9.17, 15) is 4.79 Å². The second-order valence-corrected chi connectivity index (χ2v) is 6.23. The minimum Gasteiger partial charge on any atom is -0.493 e. The van der Waals surface area contributed by atoms with Gasteiger partial charge in [0.05, 0.1) is 6.61 Å². The lowest BCUT2D eigenvalue weighted by Gasteiger charge is -2.14. The van der Waals surface area contributed by atoms with E-state index in [0.717, 1.165) is 36.5 Å². The van der Waals surface area contributed by atoms with E-state index in [-0.39, 0.29) is 5.91 Å². The fourth-order valence-corrected chi connectivity index (χ4v) is 3.15. The maximum atomic E-state index is 12.6. The van der Waals surface area contributed by atoms with E-state index >= 15 is 0 Å². The molecule has 6 nitrogen and oxygen atoms in total. The fraction of sp³-hybridized carbons (Fsp3) is 0.300. The van der Waals surface area contributed by atoms with Gasteiger partial charge in [0.25, 0.3) is 11.9 Å². The number of carbonyl (C=O) groups is 1. The molecule has 1 aromatic heterocycles. The molecular weight excluding hydrogens is 330 g/mol. The number of rotatable bonds is 5. The number of nitrogens with zero attached hydrogens (tertiary/aromatic N) is 2. The molecule has 1 aliphatic heterocycles. The summed E-state index contributed by atoms with van der Waals surface area (Å²) in [6, 6.07) is 11.6. The molecule has 1 N–H and O–H groups in total. The molecule has 2 heterocycles. The number of amides is 1. The smallest absolute Gasteiger partial charge is 0.298 e. The molecule has 0 bridgehead atoms. The number of fused-ring (bicyclic) bond motifs is 2. The highest BCUT2D eigenvalue weighted by molar-refractivity contribution is 6.06. The predicted molar refractivity (Wildman–Crippen MR) is 101 cm³/mol. The fourth-order valence-electron chi connectivity index (χ4n) is 3.15. The van der Waals surface area contributed by atoms with Gasteiger partial charge in [-0.2, -0.15) is 4.98 Å². The number of benzene rings is 2. The molecule has 0 radical (unpaired) electrons. The van der Waals surface area contributed by atoms with Crippen molar-refractivity contribution < 1.29 is 13.9 Å². The molecule has 0 atom stereocenters. The third-order valence-corrected chi connectivity index (χ3v) is 4.62. The van der Waals surface area contributed by atoms with Gasteiger partial charge in [0.15, 0.2) is 5.58 Å². The lowest BCUT2D eigenvalue weighted by Crippen LogP contribution is -2.21. The number of aromatic nitrogens is 1. The van der Waals surface area contributed by atoms with Gasteiger partial charge in [0, 0.05) is 30.8 Å². The summed E-state index contributed by atoms with van der Waals surface area (Å²) >= 11 is 0. The summed E-state index contributed by atoms with van der Waals surface area (Å²) < 4.78 is 11.3. The molecule has 0 saturated carbocycles. The van der Waals surface area contributed by atoms with E-state index in [1.54, 1.807) is 18.2 Å². The molecule has 0 spiro atoms. The van der Waals surface area contributed by atoms with E-state index in [2.05, 4.69) is 24.1 Å². The zero-order valence-corrected chi connectivity index (χ0v) is 14.9. The first-order valence-electron chi connectivity index (χ1n) is 8.90. The highest BCUT2D eigenvalue weighted by atomic mass is 16.5. The Balaban J connectivity index is 1.56. The van der Waals surface area contributed by atoms with Crippen molar-refractivity contribution in [1.29, 1.82) is 0 Å². The molecule has 2 aromatic carbocycles. The number of oxazole rings is 1. The van der Waals surface area contributed by atoms with Crippen LogP contribution in [0.1, 0.15) is 29.8 Å². The van der Waals surface area contributed by atoms with Crippen molar-refractivity contribution in [2.24, 2.45) is 0 Å². The quantitative estimate of drug-likeness (QED) is 0.756. The minimum absolute atomic E-state index is 0.168. The summed E-state index contributed by atoms with van der Waals surface area (Å²) in [6.45, 7) is 6.44. The van der Waals surface area contributed by atoms with Gasteiger partial charge in [-0.1, -0.05) is 0 Å². The van der Waals surface area contributed by atoms with Gasteiger partial charge in [-0.15, -0.1) is 0 Å². The van der Waals surface area contributed by atoms with Crippen LogP contribution in [-0.2, 0) is 6.42 Å². The van der Waals surface area contributed by atoms with Crippen molar-refractivity contribution in [1.82, 2.24) is 4.98 Å². The summed E-state index contributed by atoms with van der Waals surface area (Å²) in [5, 5.41) is 2.94. The number of hydrogen-bond donors (Lipinski definition) is 1. The Morgan fingerprint density at radius 1 is 1.19 bits per heavy atom. The van der Waals surface area contributed by atoms with Gasteiger partial charge in [-0.05, 0) is 55.8 Å². The SMILES string of the molecule is CCN(CC)c1nc2cc(C(=O)Nc3ccc4c(c3)CCO4)ccc2o1. The van der Waals surface area contributed by atoms with E-state index in [4.69, 9.17) is 9.15 Å². The summed E-state index contributed by atoms with van der Waals surface area (Å²) in [5.74, 6) is 0.731. The van der Waals surface area contributed by atoms with Crippen molar-refractivity contribution in [3.05, 3.63) is 47.5 Å². The Hall–Kier alpha value is -3.02. The highest BCUT2D eigenvalue weighted by Crippen LogP contribution is 2.28. The molecule has 1 aliphatic rings. The van der Waals surface area contributed by atoms with E-state index < -0.39 is 0 Å². The first-order chi connectivity index (χ1) is 12.7. The lowest BCUT2D eigenvalue weighted by molar-refractivity contribution is 0.102. The first-order valence-corrected chi connectivity index (χ1v) is 8.90. The Labute approximate surface area is 151 Å². The van der Waals surface area contributed by atoms with Crippen molar-refractivity contribution in [3.63, 3.8) is 0 Å². The average Bonchev–Trinajstić information content (AvgIpc) is 3.28. The van der Waals surface area contributed by atoms with Crippen LogP contribution in [-0.4, -0.2) is 30.6 Å². The molecule has 0 saturated heterocycles. The third-order valence-electron chi connectivity index (χ3n) is 4.62. The monoisotopic (exact) mass is 351 g/mol. The number of anilines is 2. The summed E-state index contributed by atoms with van der Waals surface area (Å²) in [6.07, 6.45) is 0.873. The molecular formula is C20H21N3O3. The molecule has 1 amide bonds.